The lowest BCUT2D eigenvalue weighted by molar-refractivity contribution is -0.118. The number of nitrogens with one attached hydrogen (secondary N) is 2. The van der Waals surface area contributed by atoms with Gasteiger partial charge in [-0.3, -0.25) is 4.79 Å². The van der Waals surface area contributed by atoms with Crippen molar-refractivity contribution >= 4 is 33.8 Å². The Labute approximate surface area is 178 Å². The molecule has 0 spiro atoms. The van der Waals surface area contributed by atoms with Crippen molar-refractivity contribution in [3.63, 3.8) is 0 Å². The molecule has 0 aliphatic carbocycles. The van der Waals surface area contributed by atoms with E-state index in [1.807, 2.05) is 48.5 Å². The van der Waals surface area contributed by atoms with Crippen LogP contribution >= 0.6 is 11.3 Å². The quantitative estimate of drug-likeness (QED) is 0.440. The number of ether oxygens (including phenoxy) is 1. The molecule has 0 atom stereocenters. The average Bonchev–Trinajstić information content (AvgIpc) is 3.19. The van der Waals surface area contributed by atoms with Crippen molar-refractivity contribution in [3.05, 3.63) is 78.4 Å². The van der Waals surface area contributed by atoms with Gasteiger partial charge in [-0.2, -0.15) is 0 Å². The lowest BCUT2D eigenvalue weighted by Gasteiger charge is -2.18. The van der Waals surface area contributed by atoms with Gasteiger partial charge in [-0.25, -0.2) is 4.98 Å². The molecule has 5 rings (SSSR count). The standard InChI is InChI=1S/C24H19N3O2S/c1-15-7-10-18(11-8-15)25-24-27-22(23(30-24)16-5-3-2-4-6-16)17-9-12-20-19(13-17)26-21(28)14-29-20/h2-13H,14H2,1H3,(H,25,27)(H,26,28). The first-order valence-corrected chi connectivity index (χ1v) is 10.4. The third-order valence-electron chi connectivity index (χ3n) is 4.85. The van der Waals surface area contributed by atoms with Gasteiger partial charge < -0.3 is 15.4 Å². The normalized spacial score (nSPS) is 12.6. The molecule has 0 bridgehead atoms. The van der Waals surface area contributed by atoms with Gasteiger partial charge in [0.05, 0.1) is 16.3 Å². The van der Waals surface area contributed by atoms with E-state index in [9.17, 15) is 4.79 Å². The van der Waals surface area contributed by atoms with Crippen molar-refractivity contribution in [1.82, 2.24) is 4.98 Å². The summed E-state index contributed by atoms with van der Waals surface area (Å²) in [5.41, 5.74) is 5.76. The van der Waals surface area contributed by atoms with Gasteiger partial charge in [-0.15, -0.1) is 0 Å². The molecule has 0 saturated heterocycles. The number of hydrogen-bond acceptors (Lipinski definition) is 5. The van der Waals surface area contributed by atoms with Crippen molar-refractivity contribution in [2.75, 3.05) is 17.2 Å². The van der Waals surface area contributed by atoms with Gasteiger partial charge in [-0.1, -0.05) is 59.4 Å². The van der Waals surface area contributed by atoms with E-state index in [4.69, 9.17) is 9.72 Å². The molecule has 1 aliphatic heterocycles. The summed E-state index contributed by atoms with van der Waals surface area (Å²) in [6.45, 7) is 2.11. The second-order valence-electron chi connectivity index (χ2n) is 7.10. The summed E-state index contributed by atoms with van der Waals surface area (Å²) in [6.07, 6.45) is 0. The Balaban J connectivity index is 1.58. The molecule has 0 fully saturated rings. The molecule has 30 heavy (non-hydrogen) atoms. The third kappa shape index (κ3) is 3.65. The first-order valence-electron chi connectivity index (χ1n) is 9.63. The molecule has 0 unspecified atom stereocenters. The van der Waals surface area contributed by atoms with E-state index in [1.54, 1.807) is 11.3 Å². The molecule has 1 amide bonds. The van der Waals surface area contributed by atoms with Crippen LogP contribution in [0.3, 0.4) is 0 Å². The van der Waals surface area contributed by atoms with Gasteiger partial charge in [-0.05, 0) is 42.8 Å². The topological polar surface area (TPSA) is 63.2 Å². The Morgan fingerprint density at radius 2 is 1.80 bits per heavy atom. The van der Waals surface area contributed by atoms with Crippen molar-refractivity contribution in [2.45, 2.75) is 6.92 Å². The van der Waals surface area contributed by atoms with E-state index in [-0.39, 0.29) is 12.5 Å². The summed E-state index contributed by atoms with van der Waals surface area (Å²) < 4.78 is 5.49. The third-order valence-corrected chi connectivity index (χ3v) is 5.87. The number of fused-ring (bicyclic) bond motifs is 1. The van der Waals surface area contributed by atoms with E-state index < -0.39 is 0 Å². The van der Waals surface area contributed by atoms with E-state index in [1.165, 1.54) is 5.56 Å². The zero-order valence-corrected chi connectivity index (χ0v) is 17.1. The number of aryl methyl sites for hydroxylation is 1. The summed E-state index contributed by atoms with van der Waals surface area (Å²) in [7, 11) is 0. The van der Waals surface area contributed by atoms with E-state index in [0.29, 0.717) is 11.4 Å². The van der Waals surface area contributed by atoms with Crippen LogP contribution in [-0.2, 0) is 4.79 Å². The van der Waals surface area contributed by atoms with Gasteiger partial charge in [0.2, 0.25) is 0 Å². The molecule has 148 valence electrons. The second-order valence-corrected chi connectivity index (χ2v) is 8.10. The number of thiazole rings is 1. The lowest BCUT2D eigenvalue weighted by atomic mass is 10.1. The highest BCUT2D eigenvalue weighted by molar-refractivity contribution is 7.19. The Kier molecular flexibility index (Phi) is 4.69. The van der Waals surface area contributed by atoms with Crippen LogP contribution in [0.25, 0.3) is 21.7 Å². The summed E-state index contributed by atoms with van der Waals surface area (Å²) in [6, 6.07) is 24.2. The minimum Gasteiger partial charge on any atom is -0.482 e. The number of carbonyl (C=O) groups excluding carboxylic acids is 1. The highest BCUT2D eigenvalue weighted by atomic mass is 32.1. The maximum atomic E-state index is 11.7. The molecule has 2 heterocycles. The molecule has 5 nitrogen and oxygen atoms in total. The molecule has 1 aromatic heterocycles. The fraction of sp³-hybridized carbons (Fsp3) is 0.0833. The van der Waals surface area contributed by atoms with Crippen LogP contribution in [0.4, 0.5) is 16.5 Å². The summed E-state index contributed by atoms with van der Waals surface area (Å²) in [5.74, 6) is 0.524. The minimum atomic E-state index is -0.150. The molecule has 1 aliphatic rings. The molecule has 0 radical (unpaired) electrons. The van der Waals surface area contributed by atoms with Gasteiger partial charge >= 0.3 is 0 Å². The van der Waals surface area contributed by atoms with Crippen molar-refractivity contribution in [2.24, 2.45) is 0 Å². The van der Waals surface area contributed by atoms with Crippen LogP contribution in [-0.4, -0.2) is 17.5 Å². The van der Waals surface area contributed by atoms with Gasteiger partial charge in [0, 0.05) is 11.3 Å². The smallest absolute Gasteiger partial charge is 0.262 e. The predicted molar refractivity (Wildman–Crippen MR) is 122 cm³/mol. The Hall–Kier alpha value is -3.64. The van der Waals surface area contributed by atoms with Crippen LogP contribution < -0.4 is 15.4 Å². The second kappa shape index (κ2) is 7.65. The lowest BCUT2D eigenvalue weighted by Crippen LogP contribution is -2.25. The van der Waals surface area contributed by atoms with E-state index >= 15 is 0 Å². The Bertz CT molecular complexity index is 1220. The molecule has 4 aromatic rings. The van der Waals surface area contributed by atoms with E-state index in [2.05, 4.69) is 41.8 Å². The number of anilines is 3. The number of carbonyl (C=O) groups is 1. The highest BCUT2D eigenvalue weighted by Crippen LogP contribution is 2.42. The van der Waals surface area contributed by atoms with Crippen LogP contribution in [0, 0.1) is 6.92 Å². The minimum absolute atomic E-state index is 0.0446. The molecule has 2 N–H and O–H groups in total. The monoisotopic (exact) mass is 413 g/mol. The molecular weight excluding hydrogens is 394 g/mol. The van der Waals surface area contributed by atoms with E-state index in [0.717, 1.165) is 32.5 Å². The van der Waals surface area contributed by atoms with Gasteiger partial charge in [0.15, 0.2) is 11.7 Å². The zero-order valence-electron chi connectivity index (χ0n) is 16.3. The zero-order chi connectivity index (χ0) is 20.5. The molecule has 0 saturated carbocycles. The summed E-state index contributed by atoms with van der Waals surface area (Å²) >= 11 is 1.60. The average molecular weight is 414 g/mol. The number of hydrogen-bond donors (Lipinski definition) is 2. The first kappa shape index (κ1) is 18.4. The van der Waals surface area contributed by atoms with Crippen molar-refractivity contribution in [3.8, 4) is 27.4 Å². The fourth-order valence-corrected chi connectivity index (χ4v) is 4.36. The summed E-state index contributed by atoms with van der Waals surface area (Å²) in [4.78, 5) is 17.7. The molecular formula is C24H19N3O2S. The number of rotatable bonds is 4. The van der Waals surface area contributed by atoms with Crippen molar-refractivity contribution < 1.29 is 9.53 Å². The maximum Gasteiger partial charge on any atom is 0.262 e. The number of amides is 1. The highest BCUT2D eigenvalue weighted by Gasteiger charge is 2.20. The maximum absolute atomic E-state index is 11.7. The number of aromatic nitrogens is 1. The van der Waals surface area contributed by atoms with Gasteiger partial charge in [0.1, 0.15) is 5.75 Å². The van der Waals surface area contributed by atoms with Crippen LogP contribution in [0.2, 0.25) is 0 Å². The predicted octanol–water partition coefficient (Wildman–Crippen LogP) is 5.86. The SMILES string of the molecule is Cc1ccc(Nc2nc(-c3ccc4c(c3)NC(=O)CO4)c(-c3ccccc3)s2)cc1. The number of benzene rings is 3. The van der Waals surface area contributed by atoms with Crippen LogP contribution in [0.15, 0.2) is 72.8 Å². The molecule has 6 heteroatoms. The Morgan fingerprint density at radius 1 is 1.00 bits per heavy atom. The fourth-order valence-electron chi connectivity index (χ4n) is 3.35. The summed E-state index contributed by atoms with van der Waals surface area (Å²) in [5, 5.41) is 7.10. The Morgan fingerprint density at radius 3 is 2.60 bits per heavy atom. The van der Waals surface area contributed by atoms with Crippen LogP contribution in [0.1, 0.15) is 5.56 Å². The largest absolute Gasteiger partial charge is 0.482 e. The van der Waals surface area contributed by atoms with Gasteiger partial charge in [0.25, 0.3) is 5.91 Å². The first-order chi connectivity index (χ1) is 14.7. The molecule has 3 aromatic carbocycles. The van der Waals surface area contributed by atoms with Crippen molar-refractivity contribution in [1.29, 1.82) is 0 Å². The number of nitrogens with zero attached hydrogens (tertiary/aromatic N) is 1. The van der Waals surface area contributed by atoms with Crippen LogP contribution in [0.5, 0.6) is 5.75 Å².